The molecule has 1 aliphatic carbocycles. The van der Waals surface area contributed by atoms with Crippen LogP contribution in [-0.2, 0) is 9.84 Å². The summed E-state index contributed by atoms with van der Waals surface area (Å²) in [6.07, 6.45) is 9.17. The molecule has 1 rings (SSSR count). The van der Waals surface area contributed by atoms with Crippen molar-refractivity contribution in [3.63, 3.8) is 0 Å². The second-order valence-corrected chi connectivity index (χ2v) is 8.11. The Kier molecular flexibility index (Phi) is 8.00. The van der Waals surface area contributed by atoms with E-state index >= 15 is 0 Å². The smallest absolute Gasteiger partial charge is 0.151 e. The first-order valence-corrected chi connectivity index (χ1v) is 9.85. The molecule has 0 bridgehead atoms. The highest BCUT2D eigenvalue weighted by Gasteiger charge is 2.27. The molecule has 0 saturated heterocycles. The van der Waals surface area contributed by atoms with Gasteiger partial charge >= 0.3 is 0 Å². The van der Waals surface area contributed by atoms with E-state index in [4.69, 9.17) is 0 Å². The summed E-state index contributed by atoms with van der Waals surface area (Å²) in [5, 5.41) is 3.42. The quantitative estimate of drug-likeness (QED) is 0.663. The maximum atomic E-state index is 12.2. The lowest BCUT2D eigenvalue weighted by molar-refractivity contribution is 0.285. The zero-order valence-corrected chi connectivity index (χ0v) is 13.5. The van der Waals surface area contributed by atoms with Crippen molar-refractivity contribution in [3.8, 4) is 0 Å². The topological polar surface area (TPSA) is 46.2 Å². The molecule has 0 amide bonds. The fourth-order valence-corrected chi connectivity index (χ4v) is 4.84. The van der Waals surface area contributed by atoms with Gasteiger partial charge in [-0.3, -0.25) is 0 Å². The molecule has 1 fully saturated rings. The van der Waals surface area contributed by atoms with E-state index in [0.717, 1.165) is 25.8 Å². The minimum atomic E-state index is -2.89. The summed E-state index contributed by atoms with van der Waals surface area (Å²) in [7, 11) is -2.89. The lowest BCUT2D eigenvalue weighted by Gasteiger charge is -2.30. The SMILES string of the molecule is CCCCCS(=O)(=O)CC(NCC)C1CCCCC1. The molecule has 19 heavy (non-hydrogen) atoms. The summed E-state index contributed by atoms with van der Waals surface area (Å²) in [6.45, 7) is 5.04. The number of unbranched alkanes of at least 4 members (excludes halogenated alkanes) is 2. The van der Waals surface area contributed by atoms with Gasteiger partial charge in [0.15, 0.2) is 9.84 Å². The maximum Gasteiger partial charge on any atom is 0.151 e. The third-order valence-corrected chi connectivity index (χ3v) is 5.96. The van der Waals surface area contributed by atoms with E-state index in [-0.39, 0.29) is 6.04 Å². The standard InChI is InChI=1S/C15H31NO2S/c1-3-5-9-12-19(17,18)13-15(16-4-2)14-10-7-6-8-11-14/h14-16H,3-13H2,1-2H3. The third kappa shape index (κ3) is 6.75. The van der Waals surface area contributed by atoms with E-state index in [0.29, 0.717) is 17.4 Å². The van der Waals surface area contributed by atoms with Gasteiger partial charge in [-0.15, -0.1) is 0 Å². The van der Waals surface area contributed by atoms with Gasteiger partial charge in [-0.05, 0) is 31.7 Å². The van der Waals surface area contributed by atoms with Crippen LogP contribution in [0.1, 0.15) is 65.2 Å². The Hall–Kier alpha value is -0.0900. The molecule has 0 heterocycles. The van der Waals surface area contributed by atoms with Gasteiger partial charge < -0.3 is 5.32 Å². The molecule has 4 heteroatoms. The van der Waals surface area contributed by atoms with Gasteiger partial charge in [0, 0.05) is 6.04 Å². The number of rotatable bonds is 9. The second-order valence-electron chi connectivity index (χ2n) is 5.88. The Morgan fingerprint density at radius 1 is 1.11 bits per heavy atom. The van der Waals surface area contributed by atoms with E-state index in [1.165, 1.54) is 32.1 Å². The number of nitrogens with one attached hydrogen (secondary N) is 1. The zero-order chi connectivity index (χ0) is 14.1. The first-order chi connectivity index (χ1) is 9.09. The Balaban J connectivity index is 2.51. The van der Waals surface area contributed by atoms with E-state index in [1.807, 2.05) is 0 Å². The van der Waals surface area contributed by atoms with Gasteiger partial charge in [0.2, 0.25) is 0 Å². The Morgan fingerprint density at radius 3 is 2.37 bits per heavy atom. The molecule has 0 aromatic carbocycles. The van der Waals surface area contributed by atoms with Crippen LogP contribution >= 0.6 is 0 Å². The highest BCUT2D eigenvalue weighted by molar-refractivity contribution is 7.91. The number of hydrogen-bond acceptors (Lipinski definition) is 3. The molecule has 1 N–H and O–H groups in total. The molecule has 1 saturated carbocycles. The summed E-state index contributed by atoms with van der Waals surface area (Å²) < 4.78 is 24.4. The first kappa shape index (κ1) is 17.0. The van der Waals surface area contributed by atoms with Gasteiger partial charge in [-0.2, -0.15) is 0 Å². The largest absolute Gasteiger partial charge is 0.313 e. The molecule has 0 aromatic rings. The summed E-state index contributed by atoms with van der Waals surface area (Å²) in [5.74, 6) is 1.28. The van der Waals surface area contributed by atoms with Gasteiger partial charge in [-0.25, -0.2) is 8.42 Å². The van der Waals surface area contributed by atoms with Crippen molar-refractivity contribution in [1.29, 1.82) is 0 Å². The van der Waals surface area contributed by atoms with Crippen LogP contribution in [0.4, 0.5) is 0 Å². The van der Waals surface area contributed by atoms with Crippen LogP contribution in [-0.4, -0.2) is 32.5 Å². The molecule has 1 atom stereocenters. The minimum absolute atomic E-state index is 0.178. The Bertz CT molecular complexity index is 321. The number of hydrogen-bond donors (Lipinski definition) is 1. The van der Waals surface area contributed by atoms with Crippen molar-refractivity contribution >= 4 is 9.84 Å². The zero-order valence-electron chi connectivity index (χ0n) is 12.7. The molecule has 0 aliphatic heterocycles. The maximum absolute atomic E-state index is 12.2. The second kappa shape index (κ2) is 8.96. The van der Waals surface area contributed by atoms with Crippen LogP contribution in [0, 0.1) is 5.92 Å². The lowest BCUT2D eigenvalue weighted by atomic mass is 9.84. The summed E-state index contributed by atoms with van der Waals surface area (Å²) >= 11 is 0. The average Bonchev–Trinajstić information content (AvgIpc) is 2.39. The third-order valence-electron chi connectivity index (χ3n) is 4.18. The van der Waals surface area contributed by atoms with Crippen LogP contribution in [0.15, 0.2) is 0 Å². The normalized spacial score (nSPS) is 19.5. The molecule has 0 radical (unpaired) electrons. The summed E-state index contributed by atoms with van der Waals surface area (Å²) in [6, 6.07) is 0.178. The molecule has 0 spiro atoms. The van der Waals surface area contributed by atoms with Gasteiger partial charge in [0.05, 0.1) is 11.5 Å². The van der Waals surface area contributed by atoms with Crippen molar-refractivity contribution < 1.29 is 8.42 Å². The molecule has 114 valence electrons. The van der Waals surface area contributed by atoms with Crippen LogP contribution in [0.5, 0.6) is 0 Å². The van der Waals surface area contributed by atoms with E-state index < -0.39 is 9.84 Å². The molecule has 1 unspecified atom stereocenters. The van der Waals surface area contributed by atoms with Crippen molar-refractivity contribution in [2.45, 2.75) is 71.3 Å². The summed E-state index contributed by atoms with van der Waals surface area (Å²) in [4.78, 5) is 0. The molecule has 3 nitrogen and oxygen atoms in total. The van der Waals surface area contributed by atoms with E-state index in [2.05, 4.69) is 19.2 Å². The van der Waals surface area contributed by atoms with E-state index in [9.17, 15) is 8.42 Å². The van der Waals surface area contributed by atoms with Gasteiger partial charge in [-0.1, -0.05) is 46.0 Å². The Labute approximate surface area is 119 Å². The average molecular weight is 289 g/mol. The van der Waals surface area contributed by atoms with Crippen LogP contribution in [0.25, 0.3) is 0 Å². The molecular weight excluding hydrogens is 258 g/mol. The van der Waals surface area contributed by atoms with Crippen molar-refractivity contribution in [2.24, 2.45) is 5.92 Å². The van der Waals surface area contributed by atoms with Crippen LogP contribution in [0.3, 0.4) is 0 Å². The fraction of sp³-hybridized carbons (Fsp3) is 1.00. The van der Waals surface area contributed by atoms with Crippen molar-refractivity contribution in [3.05, 3.63) is 0 Å². The van der Waals surface area contributed by atoms with Crippen LogP contribution in [0.2, 0.25) is 0 Å². The Morgan fingerprint density at radius 2 is 1.79 bits per heavy atom. The highest BCUT2D eigenvalue weighted by Crippen LogP contribution is 2.27. The van der Waals surface area contributed by atoms with Gasteiger partial charge in [0.25, 0.3) is 0 Å². The predicted molar refractivity (Wildman–Crippen MR) is 82.2 cm³/mol. The highest BCUT2D eigenvalue weighted by atomic mass is 32.2. The van der Waals surface area contributed by atoms with E-state index in [1.54, 1.807) is 0 Å². The summed E-state index contributed by atoms with van der Waals surface area (Å²) in [5.41, 5.74) is 0. The molecular formula is C15H31NO2S. The minimum Gasteiger partial charge on any atom is -0.313 e. The monoisotopic (exact) mass is 289 g/mol. The fourth-order valence-electron chi connectivity index (χ4n) is 3.09. The lowest BCUT2D eigenvalue weighted by Crippen LogP contribution is -2.42. The van der Waals surface area contributed by atoms with Crippen LogP contribution < -0.4 is 5.32 Å². The van der Waals surface area contributed by atoms with Crippen molar-refractivity contribution in [2.75, 3.05) is 18.1 Å². The predicted octanol–water partition coefficient (Wildman–Crippen LogP) is 3.15. The van der Waals surface area contributed by atoms with Gasteiger partial charge in [0.1, 0.15) is 0 Å². The van der Waals surface area contributed by atoms with Crippen molar-refractivity contribution in [1.82, 2.24) is 5.32 Å². The molecule has 1 aliphatic rings. The first-order valence-electron chi connectivity index (χ1n) is 8.03. The molecule has 0 aromatic heterocycles. The number of sulfone groups is 1.